The summed E-state index contributed by atoms with van der Waals surface area (Å²) in [6, 6.07) is 6.59. The van der Waals surface area contributed by atoms with Gasteiger partial charge in [0.1, 0.15) is 5.75 Å². The van der Waals surface area contributed by atoms with Crippen LogP contribution >= 0.6 is 0 Å². The van der Waals surface area contributed by atoms with Crippen molar-refractivity contribution < 1.29 is 15.0 Å². The van der Waals surface area contributed by atoms with Crippen LogP contribution in [0, 0.1) is 0 Å². The third-order valence-corrected chi connectivity index (χ3v) is 2.11. The summed E-state index contributed by atoms with van der Waals surface area (Å²) in [5, 5.41) is 18.9. The highest BCUT2D eigenvalue weighted by atomic mass is 16.4. The Morgan fingerprint density at radius 2 is 2.20 bits per heavy atom. The van der Waals surface area contributed by atoms with Crippen LogP contribution < -0.4 is 0 Å². The average molecular weight is 203 g/mol. The molecule has 2 aromatic rings. The summed E-state index contributed by atoms with van der Waals surface area (Å²) in [6.07, 6.45) is 1.49. The van der Waals surface area contributed by atoms with Crippen LogP contribution in [0.25, 0.3) is 10.9 Å². The van der Waals surface area contributed by atoms with Crippen LogP contribution in [0.1, 0.15) is 5.56 Å². The number of pyridine rings is 1. The molecule has 0 aliphatic carbocycles. The molecule has 0 aliphatic heterocycles. The van der Waals surface area contributed by atoms with E-state index in [9.17, 15) is 9.90 Å². The molecular weight excluding hydrogens is 194 g/mol. The summed E-state index contributed by atoms with van der Waals surface area (Å²) >= 11 is 0. The van der Waals surface area contributed by atoms with Crippen LogP contribution in [0.4, 0.5) is 0 Å². The largest absolute Gasteiger partial charge is 0.507 e. The molecule has 4 nitrogen and oxygen atoms in total. The summed E-state index contributed by atoms with van der Waals surface area (Å²) in [4.78, 5) is 14.6. The van der Waals surface area contributed by atoms with E-state index in [0.717, 1.165) is 0 Å². The fourth-order valence-corrected chi connectivity index (χ4v) is 1.50. The number of carboxylic acid groups (broad SMARTS) is 1. The molecule has 0 saturated carbocycles. The van der Waals surface area contributed by atoms with E-state index in [4.69, 9.17) is 5.11 Å². The lowest BCUT2D eigenvalue weighted by atomic mass is 10.1. The zero-order valence-corrected chi connectivity index (χ0v) is 7.84. The first-order chi connectivity index (χ1) is 7.16. The minimum Gasteiger partial charge on any atom is -0.507 e. The first-order valence-electron chi connectivity index (χ1n) is 4.45. The predicted molar refractivity (Wildman–Crippen MR) is 54.7 cm³/mol. The second-order valence-electron chi connectivity index (χ2n) is 3.26. The lowest BCUT2D eigenvalue weighted by Gasteiger charge is -2.03. The van der Waals surface area contributed by atoms with Crippen LogP contribution in [0.3, 0.4) is 0 Å². The number of aromatic hydroxyl groups is 1. The van der Waals surface area contributed by atoms with Gasteiger partial charge in [-0.3, -0.25) is 9.78 Å². The standard InChI is InChI=1S/C11H9NO3/c13-10-5-7(6-11(14)15)4-9-8(10)2-1-3-12-9/h1-5,13H,6H2,(H,14,15). The van der Waals surface area contributed by atoms with Crippen molar-refractivity contribution in [3.05, 3.63) is 36.0 Å². The van der Waals surface area contributed by atoms with Gasteiger partial charge in [-0.25, -0.2) is 0 Å². The molecule has 0 bridgehead atoms. The van der Waals surface area contributed by atoms with Crippen LogP contribution in [-0.4, -0.2) is 21.2 Å². The van der Waals surface area contributed by atoms with E-state index < -0.39 is 5.97 Å². The number of hydrogen-bond acceptors (Lipinski definition) is 3. The first-order valence-corrected chi connectivity index (χ1v) is 4.45. The van der Waals surface area contributed by atoms with Gasteiger partial charge in [-0.2, -0.15) is 0 Å². The molecule has 2 N–H and O–H groups in total. The fourth-order valence-electron chi connectivity index (χ4n) is 1.50. The van der Waals surface area contributed by atoms with Crippen LogP contribution in [0.5, 0.6) is 5.75 Å². The van der Waals surface area contributed by atoms with Gasteiger partial charge < -0.3 is 10.2 Å². The molecule has 0 spiro atoms. The van der Waals surface area contributed by atoms with E-state index in [1.807, 2.05) is 0 Å². The second kappa shape index (κ2) is 3.57. The Kier molecular flexibility index (Phi) is 2.25. The van der Waals surface area contributed by atoms with Gasteiger partial charge in [0.15, 0.2) is 0 Å². The first kappa shape index (κ1) is 9.45. The number of carboxylic acids is 1. The van der Waals surface area contributed by atoms with E-state index in [1.54, 1.807) is 24.4 Å². The van der Waals surface area contributed by atoms with Crippen LogP contribution in [0.15, 0.2) is 30.5 Å². The Labute approximate surface area is 85.8 Å². The van der Waals surface area contributed by atoms with Gasteiger partial charge in [0.05, 0.1) is 11.9 Å². The Morgan fingerprint density at radius 3 is 2.93 bits per heavy atom. The molecule has 0 saturated heterocycles. The zero-order valence-electron chi connectivity index (χ0n) is 7.84. The van der Waals surface area contributed by atoms with E-state index in [1.165, 1.54) is 6.07 Å². The van der Waals surface area contributed by atoms with Crippen molar-refractivity contribution in [2.45, 2.75) is 6.42 Å². The van der Waals surface area contributed by atoms with E-state index in [2.05, 4.69) is 4.98 Å². The minimum atomic E-state index is -0.926. The maximum Gasteiger partial charge on any atom is 0.307 e. The lowest BCUT2D eigenvalue weighted by molar-refractivity contribution is -0.136. The third-order valence-electron chi connectivity index (χ3n) is 2.11. The van der Waals surface area contributed by atoms with Gasteiger partial charge in [0, 0.05) is 11.6 Å². The molecule has 0 aliphatic rings. The number of rotatable bonds is 2. The van der Waals surface area contributed by atoms with Crippen molar-refractivity contribution in [1.82, 2.24) is 4.98 Å². The van der Waals surface area contributed by atoms with E-state index in [-0.39, 0.29) is 12.2 Å². The summed E-state index contributed by atoms with van der Waals surface area (Å²) in [5.74, 6) is -0.860. The van der Waals surface area contributed by atoms with Crippen molar-refractivity contribution >= 4 is 16.9 Å². The SMILES string of the molecule is O=C(O)Cc1cc(O)c2cccnc2c1. The predicted octanol–water partition coefficient (Wildman–Crippen LogP) is 1.57. The number of carbonyl (C=O) groups is 1. The highest BCUT2D eigenvalue weighted by Crippen LogP contribution is 2.24. The number of fused-ring (bicyclic) bond motifs is 1. The molecule has 15 heavy (non-hydrogen) atoms. The number of phenolic OH excluding ortho intramolecular Hbond substituents is 1. The normalized spacial score (nSPS) is 10.4. The van der Waals surface area contributed by atoms with Crippen molar-refractivity contribution in [2.75, 3.05) is 0 Å². The summed E-state index contributed by atoms with van der Waals surface area (Å²) in [6.45, 7) is 0. The van der Waals surface area contributed by atoms with Crippen molar-refractivity contribution in [3.8, 4) is 5.75 Å². The molecular formula is C11H9NO3. The highest BCUT2D eigenvalue weighted by Gasteiger charge is 2.06. The molecule has 0 radical (unpaired) electrons. The Balaban J connectivity index is 2.57. The van der Waals surface area contributed by atoms with Crippen LogP contribution in [-0.2, 0) is 11.2 Å². The highest BCUT2D eigenvalue weighted by molar-refractivity contribution is 5.86. The number of phenols is 1. The summed E-state index contributed by atoms with van der Waals surface area (Å²) in [7, 11) is 0. The second-order valence-corrected chi connectivity index (χ2v) is 3.26. The van der Waals surface area contributed by atoms with Crippen LogP contribution in [0.2, 0.25) is 0 Å². The Morgan fingerprint density at radius 1 is 1.40 bits per heavy atom. The van der Waals surface area contributed by atoms with E-state index >= 15 is 0 Å². The summed E-state index contributed by atoms with van der Waals surface area (Å²) < 4.78 is 0. The average Bonchev–Trinajstić information content (AvgIpc) is 2.16. The van der Waals surface area contributed by atoms with Gasteiger partial charge in [0.2, 0.25) is 0 Å². The number of nitrogens with zero attached hydrogens (tertiary/aromatic N) is 1. The fraction of sp³-hybridized carbons (Fsp3) is 0.0909. The number of aromatic nitrogens is 1. The molecule has 0 fully saturated rings. The topological polar surface area (TPSA) is 70.4 Å². The monoisotopic (exact) mass is 203 g/mol. The molecule has 1 aromatic heterocycles. The third kappa shape index (κ3) is 1.88. The number of hydrogen-bond donors (Lipinski definition) is 2. The smallest absolute Gasteiger partial charge is 0.307 e. The van der Waals surface area contributed by atoms with Crippen molar-refractivity contribution in [2.24, 2.45) is 0 Å². The molecule has 0 atom stereocenters. The lowest BCUT2D eigenvalue weighted by Crippen LogP contribution is -1.99. The molecule has 0 amide bonds. The molecule has 0 unspecified atom stereocenters. The van der Waals surface area contributed by atoms with Gasteiger partial charge in [-0.05, 0) is 29.8 Å². The van der Waals surface area contributed by atoms with E-state index in [0.29, 0.717) is 16.5 Å². The summed E-state index contributed by atoms with van der Waals surface area (Å²) in [5.41, 5.74) is 1.15. The quantitative estimate of drug-likeness (QED) is 0.777. The van der Waals surface area contributed by atoms with Gasteiger partial charge in [0.25, 0.3) is 0 Å². The maximum atomic E-state index is 10.5. The minimum absolute atomic E-state index is 0.0665. The van der Waals surface area contributed by atoms with Gasteiger partial charge in [-0.1, -0.05) is 0 Å². The van der Waals surface area contributed by atoms with Gasteiger partial charge >= 0.3 is 5.97 Å². The molecule has 4 heteroatoms. The van der Waals surface area contributed by atoms with Crippen molar-refractivity contribution in [1.29, 1.82) is 0 Å². The zero-order chi connectivity index (χ0) is 10.8. The maximum absolute atomic E-state index is 10.5. The molecule has 76 valence electrons. The Bertz CT molecular complexity index is 522. The molecule has 2 rings (SSSR count). The molecule has 1 aromatic carbocycles. The van der Waals surface area contributed by atoms with Gasteiger partial charge in [-0.15, -0.1) is 0 Å². The number of aliphatic carboxylic acids is 1. The molecule has 1 heterocycles. The van der Waals surface area contributed by atoms with Crippen molar-refractivity contribution in [3.63, 3.8) is 0 Å². The number of benzene rings is 1. The Hall–Kier alpha value is -2.10.